The van der Waals surface area contributed by atoms with Crippen molar-refractivity contribution < 1.29 is 13.2 Å². The lowest BCUT2D eigenvalue weighted by atomic mass is 10.2. The third-order valence-electron chi connectivity index (χ3n) is 2.36. The second kappa shape index (κ2) is 5.33. The number of benzene rings is 2. The SMILES string of the molecule is N#Cc1ccc(Nc2cc(F)c(F)c(F)c2)cc1Br. The summed E-state index contributed by atoms with van der Waals surface area (Å²) < 4.78 is 39.4. The average Bonchev–Trinajstić information content (AvgIpc) is 2.36. The molecule has 0 spiro atoms. The number of hydrogen-bond acceptors (Lipinski definition) is 2. The predicted molar refractivity (Wildman–Crippen MR) is 68.5 cm³/mol. The molecule has 0 saturated heterocycles. The second-order valence-electron chi connectivity index (χ2n) is 3.69. The summed E-state index contributed by atoms with van der Waals surface area (Å²) >= 11 is 3.19. The van der Waals surface area contributed by atoms with Crippen LogP contribution in [0.5, 0.6) is 0 Å². The van der Waals surface area contributed by atoms with E-state index in [4.69, 9.17) is 5.26 Å². The summed E-state index contributed by atoms with van der Waals surface area (Å²) in [7, 11) is 0. The standard InChI is InChI=1S/C13H6BrF3N2/c14-10-3-8(2-1-7(10)6-18)19-9-4-11(15)13(17)12(16)5-9/h1-5,19H. The summed E-state index contributed by atoms with van der Waals surface area (Å²) in [5.41, 5.74) is 1.02. The van der Waals surface area contributed by atoms with Gasteiger partial charge in [-0.2, -0.15) is 5.26 Å². The third-order valence-corrected chi connectivity index (χ3v) is 3.02. The lowest BCUT2D eigenvalue weighted by Gasteiger charge is -2.08. The molecular formula is C13H6BrF3N2. The molecule has 0 aliphatic carbocycles. The maximum absolute atomic E-state index is 13.0. The van der Waals surface area contributed by atoms with Crippen LogP contribution in [-0.2, 0) is 0 Å². The number of nitriles is 1. The van der Waals surface area contributed by atoms with Gasteiger partial charge in [-0.1, -0.05) is 0 Å². The summed E-state index contributed by atoms with van der Waals surface area (Å²) in [6, 6.07) is 8.37. The van der Waals surface area contributed by atoms with Crippen LogP contribution >= 0.6 is 15.9 Å². The van der Waals surface area contributed by atoms with Crippen molar-refractivity contribution in [2.24, 2.45) is 0 Å². The van der Waals surface area contributed by atoms with Crippen molar-refractivity contribution in [2.75, 3.05) is 5.32 Å². The van der Waals surface area contributed by atoms with Crippen LogP contribution in [0.1, 0.15) is 5.56 Å². The van der Waals surface area contributed by atoms with Crippen LogP contribution in [-0.4, -0.2) is 0 Å². The zero-order valence-corrected chi connectivity index (χ0v) is 10.9. The minimum Gasteiger partial charge on any atom is -0.355 e. The highest BCUT2D eigenvalue weighted by Gasteiger charge is 2.10. The molecule has 0 bridgehead atoms. The van der Waals surface area contributed by atoms with E-state index in [2.05, 4.69) is 21.2 Å². The van der Waals surface area contributed by atoms with Crippen molar-refractivity contribution in [1.82, 2.24) is 0 Å². The molecule has 2 aromatic carbocycles. The third kappa shape index (κ3) is 2.88. The molecule has 19 heavy (non-hydrogen) atoms. The molecule has 0 aromatic heterocycles. The largest absolute Gasteiger partial charge is 0.355 e. The molecule has 2 aromatic rings. The summed E-state index contributed by atoms with van der Waals surface area (Å²) in [5.74, 6) is -4.04. The van der Waals surface area contributed by atoms with Crippen LogP contribution in [0.3, 0.4) is 0 Å². The minimum absolute atomic E-state index is 0.0769. The fourth-order valence-corrected chi connectivity index (χ4v) is 1.95. The molecule has 2 nitrogen and oxygen atoms in total. The van der Waals surface area contributed by atoms with E-state index in [0.717, 1.165) is 12.1 Å². The lowest BCUT2D eigenvalue weighted by molar-refractivity contribution is 0.448. The fourth-order valence-electron chi connectivity index (χ4n) is 1.48. The number of rotatable bonds is 2. The monoisotopic (exact) mass is 326 g/mol. The Labute approximate surface area is 115 Å². The van der Waals surface area contributed by atoms with Gasteiger partial charge in [-0.25, -0.2) is 13.2 Å². The second-order valence-corrected chi connectivity index (χ2v) is 4.54. The first-order chi connectivity index (χ1) is 9.01. The van der Waals surface area contributed by atoms with Crippen LogP contribution in [0.4, 0.5) is 24.5 Å². The van der Waals surface area contributed by atoms with E-state index in [1.54, 1.807) is 18.2 Å². The normalized spacial score (nSPS) is 10.1. The minimum atomic E-state index is -1.51. The molecule has 6 heteroatoms. The maximum Gasteiger partial charge on any atom is 0.194 e. The van der Waals surface area contributed by atoms with Gasteiger partial charge in [-0.15, -0.1) is 0 Å². The van der Waals surface area contributed by atoms with Crippen LogP contribution < -0.4 is 5.32 Å². The Morgan fingerprint density at radius 3 is 2.16 bits per heavy atom. The Morgan fingerprint density at radius 2 is 1.63 bits per heavy atom. The van der Waals surface area contributed by atoms with Crippen molar-refractivity contribution in [3.63, 3.8) is 0 Å². The van der Waals surface area contributed by atoms with Crippen LogP contribution in [0.15, 0.2) is 34.8 Å². The maximum atomic E-state index is 13.0. The average molecular weight is 327 g/mol. The molecule has 0 radical (unpaired) electrons. The summed E-state index contributed by atoms with van der Waals surface area (Å²) in [6.07, 6.45) is 0. The first-order valence-electron chi connectivity index (χ1n) is 5.12. The van der Waals surface area contributed by atoms with Gasteiger partial charge in [-0.3, -0.25) is 0 Å². The van der Waals surface area contributed by atoms with Crippen LogP contribution in [0.2, 0.25) is 0 Å². The van der Waals surface area contributed by atoms with Crippen molar-refractivity contribution in [1.29, 1.82) is 5.26 Å². The van der Waals surface area contributed by atoms with E-state index in [1.165, 1.54) is 0 Å². The molecule has 0 heterocycles. The van der Waals surface area contributed by atoms with Gasteiger partial charge in [0, 0.05) is 28.0 Å². The quantitative estimate of drug-likeness (QED) is 0.826. The molecule has 1 N–H and O–H groups in total. The highest BCUT2D eigenvalue weighted by atomic mass is 79.9. The van der Waals surface area contributed by atoms with Gasteiger partial charge in [0.25, 0.3) is 0 Å². The van der Waals surface area contributed by atoms with Gasteiger partial charge in [0.2, 0.25) is 0 Å². The molecular weight excluding hydrogens is 321 g/mol. The molecule has 96 valence electrons. The highest BCUT2D eigenvalue weighted by molar-refractivity contribution is 9.10. The molecule has 2 rings (SSSR count). The molecule has 0 aliphatic heterocycles. The Bertz CT molecular complexity index is 657. The summed E-state index contributed by atoms with van der Waals surface area (Å²) in [6.45, 7) is 0. The zero-order valence-electron chi connectivity index (χ0n) is 9.35. The van der Waals surface area contributed by atoms with Gasteiger partial charge in [0.1, 0.15) is 6.07 Å². The van der Waals surface area contributed by atoms with E-state index < -0.39 is 17.5 Å². The number of nitrogens with zero attached hydrogens (tertiary/aromatic N) is 1. The van der Waals surface area contributed by atoms with Crippen LogP contribution in [0.25, 0.3) is 0 Å². The topological polar surface area (TPSA) is 35.8 Å². The zero-order chi connectivity index (χ0) is 14.0. The van der Waals surface area contributed by atoms with Crippen molar-refractivity contribution in [3.8, 4) is 6.07 Å². The van der Waals surface area contributed by atoms with Crippen LogP contribution in [0, 0.1) is 28.8 Å². The molecule has 0 saturated carbocycles. The van der Waals surface area contributed by atoms with E-state index in [9.17, 15) is 13.2 Å². The number of hydrogen-bond donors (Lipinski definition) is 1. The van der Waals surface area contributed by atoms with E-state index >= 15 is 0 Å². The molecule has 0 fully saturated rings. The Balaban J connectivity index is 2.32. The van der Waals surface area contributed by atoms with E-state index in [-0.39, 0.29) is 5.69 Å². The van der Waals surface area contributed by atoms with E-state index in [0.29, 0.717) is 15.7 Å². The fraction of sp³-hybridized carbons (Fsp3) is 0. The molecule has 0 unspecified atom stereocenters. The molecule has 0 atom stereocenters. The predicted octanol–water partition coefficient (Wildman–Crippen LogP) is 4.48. The van der Waals surface area contributed by atoms with Gasteiger partial charge in [0.05, 0.1) is 5.56 Å². The first kappa shape index (κ1) is 13.4. The Kier molecular flexibility index (Phi) is 3.76. The number of nitrogens with one attached hydrogen (secondary N) is 1. The molecule has 0 amide bonds. The van der Waals surface area contributed by atoms with Crippen molar-refractivity contribution >= 4 is 27.3 Å². The Hall–Kier alpha value is -2.00. The summed E-state index contributed by atoms with van der Waals surface area (Å²) in [4.78, 5) is 0. The van der Waals surface area contributed by atoms with Crippen molar-refractivity contribution in [3.05, 3.63) is 57.8 Å². The Morgan fingerprint density at radius 1 is 1.00 bits per heavy atom. The van der Waals surface area contributed by atoms with Gasteiger partial charge >= 0.3 is 0 Å². The molecule has 0 aliphatic rings. The number of halogens is 4. The summed E-state index contributed by atoms with van der Waals surface area (Å²) in [5, 5.41) is 11.5. The van der Waals surface area contributed by atoms with Crippen molar-refractivity contribution in [2.45, 2.75) is 0 Å². The lowest BCUT2D eigenvalue weighted by Crippen LogP contribution is -1.96. The first-order valence-corrected chi connectivity index (χ1v) is 5.92. The van der Waals surface area contributed by atoms with E-state index in [1.807, 2.05) is 6.07 Å². The van der Waals surface area contributed by atoms with Gasteiger partial charge in [-0.05, 0) is 34.1 Å². The van der Waals surface area contributed by atoms with Gasteiger partial charge in [0.15, 0.2) is 17.5 Å². The number of anilines is 2. The smallest absolute Gasteiger partial charge is 0.194 e. The highest BCUT2D eigenvalue weighted by Crippen LogP contribution is 2.25. The van der Waals surface area contributed by atoms with Gasteiger partial charge < -0.3 is 5.32 Å².